The first-order valence-corrected chi connectivity index (χ1v) is 7.05. The van der Waals surface area contributed by atoms with E-state index in [1.807, 2.05) is 7.05 Å². The zero-order valence-corrected chi connectivity index (χ0v) is 11.9. The van der Waals surface area contributed by atoms with E-state index in [4.69, 9.17) is 4.42 Å². The second-order valence-corrected chi connectivity index (χ2v) is 5.70. The van der Waals surface area contributed by atoms with Crippen molar-refractivity contribution < 1.29 is 13.9 Å². The van der Waals surface area contributed by atoms with Crippen LogP contribution in [0.4, 0.5) is 4.39 Å². The highest BCUT2D eigenvalue weighted by Gasteiger charge is 2.28. The first-order chi connectivity index (χ1) is 10.1. The Bertz CT molecular complexity index is 593. The van der Waals surface area contributed by atoms with E-state index >= 15 is 0 Å². The number of hydrogen-bond acceptors (Lipinski definition) is 5. The van der Waals surface area contributed by atoms with Gasteiger partial charge in [-0.2, -0.15) is 0 Å². The Morgan fingerprint density at radius 3 is 2.67 bits per heavy atom. The van der Waals surface area contributed by atoms with Crippen LogP contribution in [0.2, 0.25) is 0 Å². The highest BCUT2D eigenvalue weighted by atomic mass is 19.1. The minimum absolute atomic E-state index is 0.128. The minimum Gasteiger partial charge on any atom is -0.419 e. The van der Waals surface area contributed by atoms with Crippen molar-refractivity contribution in [2.75, 3.05) is 13.6 Å². The molecule has 0 bridgehead atoms. The maximum Gasteiger partial charge on any atom is 0.247 e. The summed E-state index contributed by atoms with van der Waals surface area (Å²) in [6.45, 7) is 1.48. The first kappa shape index (κ1) is 14.2. The van der Waals surface area contributed by atoms with Crippen molar-refractivity contribution >= 4 is 0 Å². The fraction of sp³-hybridized carbons (Fsp3) is 0.467. The lowest BCUT2D eigenvalue weighted by molar-refractivity contribution is 0.0264. The van der Waals surface area contributed by atoms with E-state index < -0.39 is 0 Å². The molecule has 1 aliphatic rings. The van der Waals surface area contributed by atoms with Gasteiger partial charge in [0.2, 0.25) is 11.8 Å². The largest absolute Gasteiger partial charge is 0.419 e. The molecule has 112 valence electrons. The average molecular weight is 291 g/mol. The lowest BCUT2D eigenvalue weighted by atomic mass is 9.82. The van der Waals surface area contributed by atoms with Crippen molar-refractivity contribution in [2.45, 2.75) is 25.5 Å². The van der Waals surface area contributed by atoms with Gasteiger partial charge in [0.05, 0.1) is 12.6 Å². The van der Waals surface area contributed by atoms with E-state index in [9.17, 15) is 9.50 Å². The van der Waals surface area contributed by atoms with Crippen LogP contribution in [0.1, 0.15) is 18.7 Å². The van der Waals surface area contributed by atoms with Crippen molar-refractivity contribution in [3.05, 3.63) is 36.0 Å². The number of aliphatic hydroxyl groups excluding tert-OH is 1. The van der Waals surface area contributed by atoms with Crippen molar-refractivity contribution in [1.82, 2.24) is 15.1 Å². The predicted molar refractivity (Wildman–Crippen MR) is 74.8 cm³/mol. The van der Waals surface area contributed by atoms with Crippen molar-refractivity contribution in [1.29, 1.82) is 0 Å². The Kier molecular flexibility index (Phi) is 3.98. The Balaban J connectivity index is 1.58. The summed E-state index contributed by atoms with van der Waals surface area (Å²) in [5.41, 5.74) is 0.708. The van der Waals surface area contributed by atoms with Crippen LogP contribution in [-0.4, -0.2) is 39.9 Å². The second kappa shape index (κ2) is 5.91. The van der Waals surface area contributed by atoms with Gasteiger partial charge in [-0.05, 0) is 50.1 Å². The van der Waals surface area contributed by atoms with Crippen molar-refractivity contribution in [3.8, 4) is 11.5 Å². The molecule has 3 rings (SSSR count). The summed E-state index contributed by atoms with van der Waals surface area (Å²) in [7, 11) is 1.99. The molecular formula is C15H18FN3O2. The minimum atomic E-state index is -0.291. The van der Waals surface area contributed by atoms with Crippen LogP contribution in [-0.2, 0) is 6.54 Å². The summed E-state index contributed by atoms with van der Waals surface area (Å²) in [5, 5.41) is 17.3. The maximum atomic E-state index is 12.9. The summed E-state index contributed by atoms with van der Waals surface area (Å²) < 4.78 is 18.5. The first-order valence-electron chi connectivity index (χ1n) is 7.05. The van der Waals surface area contributed by atoms with Gasteiger partial charge in [0.15, 0.2) is 0 Å². The summed E-state index contributed by atoms with van der Waals surface area (Å²) in [6, 6.07) is 5.97. The molecule has 0 unspecified atom stereocenters. The third-order valence-electron chi connectivity index (χ3n) is 3.74. The van der Waals surface area contributed by atoms with Crippen LogP contribution < -0.4 is 0 Å². The quantitative estimate of drug-likeness (QED) is 0.914. The molecular weight excluding hydrogens is 273 g/mol. The number of nitrogens with zero attached hydrogens (tertiary/aromatic N) is 3. The topological polar surface area (TPSA) is 62.4 Å². The van der Waals surface area contributed by atoms with Gasteiger partial charge in [-0.25, -0.2) is 4.39 Å². The molecule has 0 amide bonds. The molecule has 1 aliphatic carbocycles. The molecule has 1 aromatic heterocycles. The average Bonchev–Trinajstić information content (AvgIpc) is 2.86. The molecule has 1 N–H and O–H groups in total. The fourth-order valence-corrected chi connectivity index (χ4v) is 2.61. The molecule has 21 heavy (non-hydrogen) atoms. The molecule has 1 saturated carbocycles. The summed E-state index contributed by atoms with van der Waals surface area (Å²) in [6.07, 6.45) is 1.61. The number of rotatable bonds is 5. The summed E-state index contributed by atoms with van der Waals surface area (Å²) >= 11 is 0. The smallest absolute Gasteiger partial charge is 0.247 e. The molecule has 1 fully saturated rings. The molecule has 1 heterocycles. The molecule has 2 aromatic rings. The number of halogens is 1. The van der Waals surface area contributed by atoms with Crippen molar-refractivity contribution in [2.24, 2.45) is 5.92 Å². The van der Waals surface area contributed by atoms with Gasteiger partial charge in [0.25, 0.3) is 0 Å². The Hall–Kier alpha value is -1.79. The van der Waals surface area contributed by atoms with Gasteiger partial charge >= 0.3 is 0 Å². The van der Waals surface area contributed by atoms with Gasteiger partial charge in [0.1, 0.15) is 5.82 Å². The molecule has 1 aromatic carbocycles. The van der Waals surface area contributed by atoms with Gasteiger partial charge < -0.3 is 9.52 Å². The summed E-state index contributed by atoms with van der Waals surface area (Å²) in [5.74, 6) is 1.19. The van der Waals surface area contributed by atoms with E-state index in [-0.39, 0.29) is 11.9 Å². The number of hydrogen-bond donors (Lipinski definition) is 1. The molecule has 6 heteroatoms. The van der Waals surface area contributed by atoms with Crippen LogP contribution in [0.25, 0.3) is 11.5 Å². The van der Waals surface area contributed by atoms with Crippen molar-refractivity contribution in [3.63, 3.8) is 0 Å². The maximum absolute atomic E-state index is 12.9. The number of aliphatic hydroxyl groups is 1. The van der Waals surface area contributed by atoms with E-state index in [0.29, 0.717) is 29.8 Å². The lowest BCUT2D eigenvalue weighted by Gasteiger charge is -2.34. The van der Waals surface area contributed by atoms with E-state index in [0.717, 1.165) is 19.4 Å². The van der Waals surface area contributed by atoms with Gasteiger partial charge in [-0.15, -0.1) is 10.2 Å². The van der Waals surface area contributed by atoms with Crippen LogP contribution in [0.3, 0.4) is 0 Å². The highest BCUT2D eigenvalue weighted by molar-refractivity contribution is 5.51. The highest BCUT2D eigenvalue weighted by Crippen LogP contribution is 2.28. The fourth-order valence-electron chi connectivity index (χ4n) is 2.61. The van der Waals surface area contributed by atoms with Gasteiger partial charge in [-0.1, -0.05) is 0 Å². The molecule has 0 atom stereocenters. The van der Waals surface area contributed by atoms with Crippen LogP contribution >= 0.6 is 0 Å². The SMILES string of the molecule is CN(Cc1nnc(-c2ccc(F)cc2)o1)CC1CC(O)C1. The molecule has 0 saturated heterocycles. The zero-order valence-electron chi connectivity index (χ0n) is 11.9. The van der Waals surface area contributed by atoms with Crippen LogP contribution in [0, 0.1) is 11.7 Å². The molecule has 5 nitrogen and oxygen atoms in total. The zero-order chi connectivity index (χ0) is 14.8. The molecule has 0 aliphatic heterocycles. The monoisotopic (exact) mass is 291 g/mol. The van der Waals surface area contributed by atoms with Gasteiger partial charge in [-0.3, -0.25) is 4.90 Å². The lowest BCUT2D eigenvalue weighted by Crippen LogP contribution is -2.36. The van der Waals surface area contributed by atoms with Crippen LogP contribution in [0.5, 0.6) is 0 Å². The third kappa shape index (κ3) is 3.46. The van der Waals surface area contributed by atoms with E-state index in [1.54, 1.807) is 12.1 Å². The van der Waals surface area contributed by atoms with Gasteiger partial charge in [0, 0.05) is 12.1 Å². The van der Waals surface area contributed by atoms with E-state index in [1.165, 1.54) is 12.1 Å². The van der Waals surface area contributed by atoms with E-state index in [2.05, 4.69) is 15.1 Å². The molecule has 0 spiro atoms. The van der Waals surface area contributed by atoms with Crippen LogP contribution in [0.15, 0.2) is 28.7 Å². The Morgan fingerprint density at radius 2 is 2.00 bits per heavy atom. The Labute approximate surface area is 122 Å². The summed E-state index contributed by atoms with van der Waals surface area (Å²) in [4.78, 5) is 2.11. The second-order valence-electron chi connectivity index (χ2n) is 5.70. The number of aromatic nitrogens is 2. The standard InChI is InChI=1S/C15H18FN3O2/c1-19(8-10-6-13(20)7-10)9-14-17-18-15(21-14)11-2-4-12(16)5-3-11/h2-5,10,13,20H,6-9H2,1H3. The molecule has 0 radical (unpaired) electrons. The predicted octanol–water partition coefficient (Wildman–Crippen LogP) is 2.08. The Morgan fingerprint density at radius 1 is 1.29 bits per heavy atom. The number of benzene rings is 1. The normalized spacial score (nSPS) is 21.5. The third-order valence-corrected chi connectivity index (χ3v) is 3.74.